The second kappa shape index (κ2) is 8.04. The SMILES string of the molecule is CC(=O)Nc1ccc(NC(=O)c2ccc(-c3ccccc3F)s2)c(C(F)(F)F)c1. The zero-order chi connectivity index (χ0) is 21.2. The molecular formula is C20H14F4N2O2S. The normalized spacial score (nSPS) is 11.2. The molecule has 29 heavy (non-hydrogen) atoms. The first-order valence-electron chi connectivity index (χ1n) is 8.30. The lowest BCUT2D eigenvalue weighted by Gasteiger charge is -2.15. The van der Waals surface area contributed by atoms with E-state index in [4.69, 9.17) is 0 Å². The summed E-state index contributed by atoms with van der Waals surface area (Å²) in [6, 6.07) is 12.0. The lowest BCUT2D eigenvalue weighted by molar-refractivity contribution is -0.137. The van der Waals surface area contributed by atoms with E-state index in [2.05, 4.69) is 10.6 Å². The number of carbonyl (C=O) groups excluding carboxylic acids is 2. The number of thiophene rings is 1. The summed E-state index contributed by atoms with van der Waals surface area (Å²) in [5, 5.41) is 4.51. The van der Waals surface area contributed by atoms with Crippen molar-refractivity contribution in [1.82, 2.24) is 0 Å². The minimum Gasteiger partial charge on any atom is -0.326 e. The monoisotopic (exact) mass is 422 g/mol. The number of amides is 2. The maximum Gasteiger partial charge on any atom is 0.418 e. The molecule has 0 aliphatic heterocycles. The second-order valence-electron chi connectivity index (χ2n) is 6.04. The van der Waals surface area contributed by atoms with E-state index in [1.54, 1.807) is 12.1 Å². The van der Waals surface area contributed by atoms with Gasteiger partial charge in [-0.15, -0.1) is 11.3 Å². The Morgan fingerprint density at radius 1 is 0.966 bits per heavy atom. The maximum atomic E-state index is 13.9. The minimum atomic E-state index is -4.75. The number of nitrogens with one attached hydrogen (secondary N) is 2. The number of hydrogen-bond acceptors (Lipinski definition) is 3. The van der Waals surface area contributed by atoms with Gasteiger partial charge in [-0.05, 0) is 36.4 Å². The van der Waals surface area contributed by atoms with Crippen molar-refractivity contribution in [1.29, 1.82) is 0 Å². The fraction of sp³-hybridized carbons (Fsp3) is 0.100. The van der Waals surface area contributed by atoms with Crippen LogP contribution in [-0.4, -0.2) is 11.8 Å². The van der Waals surface area contributed by atoms with Crippen LogP contribution in [0, 0.1) is 5.82 Å². The third-order valence-electron chi connectivity index (χ3n) is 3.86. The van der Waals surface area contributed by atoms with Crippen molar-refractivity contribution in [3.8, 4) is 10.4 Å². The number of anilines is 2. The summed E-state index contributed by atoms with van der Waals surface area (Å²) < 4.78 is 54.1. The number of benzene rings is 2. The zero-order valence-corrected chi connectivity index (χ0v) is 15.7. The molecule has 0 aliphatic carbocycles. The highest BCUT2D eigenvalue weighted by Crippen LogP contribution is 2.37. The van der Waals surface area contributed by atoms with E-state index in [9.17, 15) is 27.2 Å². The number of carbonyl (C=O) groups is 2. The summed E-state index contributed by atoms with van der Waals surface area (Å²) in [5.74, 6) is -1.74. The van der Waals surface area contributed by atoms with E-state index in [0.717, 1.165) is 23.5 Å². The van der Waals surface area contributed by atoms with Gasteiger partial charge in [0.05, 0.1) is 16.1 Å². The highest BCUT2D eigenvalue weighted by molar-refractivity contribution is 7.17. The topological polar surface area (TPSA) is 58.2 Å². The Hall–Kier alpha value is -3.20. The van der Waals surface area contributed by atoms with Gasteiger partial charge in [0.25, 0.3) is 5.91 Å². The molecule has 3 rings (SSSR count). The van der Waals surface area contributed by atoms with Crippen molar-refractivity contribution < 1.29 is 27.2 Å². The van der Waals surface area contributed by atoms with Gasteiger partial charge < -0.3 is 10.6 Å². The minimum absolute atomic E-state index is 0.0409. The predicted molar refractivity (Wildman–Crippen MR) is 103 cm³/mol. The number of hydrogen-bond donors (Lipinski definition) is 2. The Morgan fingerprint density at radius 2 is 1.69 bits per heavy atom. The van der Waals surface area contributed by atoms with Crippen molar-refractivity contribution in [3.63, 3.8) is 0 Å². The van der Waals surface area contributed by atoms with Crippen LogP contribution >= 0.6 is 11.3 Å². The molecule has 2 amide bonds. The molecule has 0 aliphatic rings. The van der Waals surface area contributed by atoms with E-state index in [-0.39, 0.29) is 10.6 Å². The molecule has 2 N–H and O–H groups in total. The van der Waals surface area contributed by atoms with Crippen molar-refractivity contribution in [2.45, 2.75) is 13.1 Å². The van der Waals surface area contributed by atoms with Crippen molar-refractivity contribution in [2.24, 2.45) is 0 Å². The molecule has 2 aromatic carbocycles. The molecule has 4 nitrogen and oxygen atoms in total. The van der Waals surface area contributed by atoms with Crippen LogP contribution in [0.1, 0.15) is 22.2 Å². The quantitative estimate of drug-likeness (QED) is 0.524. The maximum absolute atomic E-state index is 13.9. The van der Waals surface area contributed by atoms with Gasteiger partial charge in [-0.1, -0.05) is 18.2 Å². The standard InChI is InChI=1S/C20H14F4N2O2S/c1-11(27)25-12-6-7-16(14(10-12)20(22,23)24)26-19(28)18-9-8-17(29-18)13-4-2-3-5-15(13)21/h2-10H,1H3,(H,25,27)(H,26,28). The molecule has 0 fully saturated rings. The fourth-order valence-corrected chi connectivity index (χ4v) is 3.55. The van der Waals surface area contributed by atoms with Crippen molar-refractivity contribution in [2.75, 3.05) is 10.6 Å². The number of alkyl halides is 3. The van der Waals surface area contributed by atoms with E-state index in [1.165, 1.54) is 37.3 Å². The average molecular weight is 422 g/mol. The van der Waals surface area contributed by atoms with Crippen LogP contribution < -0.4 is 10.6 Å². The van der Waals surface area contributed by atoms with Gasteiger partial charge in [-0.25, -0.2) is 4.39 Å². The van der Waals surface area contributed by atoms with E-state index in [0.29, 0.717) is 10.4 Å². The predicted octanol–water partition coefficient (Wildman–Crippen LogP) is 5.78. The van der Waals surface area contributed by atoms with Crippen molar-refractivity contribution >= 4 is 34.5 Å². The lowest BCUT2D eigenvalue weighted by atomic mass is 10.1. The number of rotatable bonds is 4. The lowest BCUT2D eigenvalue weighted by Crippen LogP contribution is -2.16. The number of halogens is 4. The van der Waals surface area contributed by atoms with Gasteiger partial charge >= 0.3 is 6.18 Å². The molecular weight excluding hydrogens is 408 g/mol. The first-order valence-corrected chi connectivity index (χ1v) is 9.11. The third-order valence-corrected chi connectivity index (χ3v) is 4.98. The smallest absolute Gasteiger partial charge is 0.326 e. The molecule has 0 spiro atoms. The summed E-state index contributed by atoms with van der Waals surface area (Å²) in [7, 11) is 0. The van der Waals surface area contributed by atoms with E-state index >= 15 is 0 Å². The van der Waals surface area contributed by atoms with Gasteiger partial charge in [0.2, 0.25) is 5.91 Å². The third kappa shape index (κ3) is 4.80. The molecule has 0 unspecified atom stereocenters. The van der Waals surface area contributed by atoms with Crippen LogP contribution in [0.4, 0.5) is 28.9 Å². The van der Waals surface area contributed by atoms with E-state index < -0.39 is 35.1 Å². The fourth-order valence-electron chi connectivity index (χ4n) is 2.62. The molecule has 0 saturated heterocycles. The molecule has 150 valence electrons. The summed E-state index contributed by atoms with van der Waals surface area (Å²) in [6.07, 6.45) is -4.75. The summed E-state index contributed by atoms with van der Waals surface area (Å²) in [5.41, 5.74) is -1.28. The van der Waals surface area contributed by atoms with Crippen molar-refractivity contribution in [3.05, 3.63) is 70.9 Å². The highest BCUT2D eigenvalue weighted by atomic mass is 32.1. The summed E-state index contributed by atoms with van der Waals surface area (Å²) >= 11 is 0.962. The van der Waals surface area contributed by atoms with Gasteiger partial charge in [0.1, 0.15) is 5.82 Å². The molecule has 0 saturated carbocycles. The Morgan fingerprint density at radius 3 is 2.34 bits per heavy atom. The molecule has 0 bridgehead atoms. The molecule has 3 aromatic rings. The molecule has 1 aromatic heterocycles. The highest BCUT2D eigenvalue weighted by Gasteiger charge is 2.34. The van der Waals surface area contributed by atoms with Crippen LogP contribution in [0.15, 0.2) is 54.6 Å². The van der Waals surface area contributed by atoms with Gasteiger partial charge in [-0.2, -0.15) is 13.2 Å². The van der Waals surface area contributed by atoms with Crippen LogP contribution in [-0.2, 0) is 11.0 Å². The largest absolute Gasteiger partial charge is 0.418 e. The van der Waals surface area contributed by atoms with Gasteiger partial charge in [0, 0.05) is 23.1 Å². The molecule has 0 radical (unpaired) electrons. The Bertz CT molecular complexity index is 1080. The van der Waals surface area contributed by atoms with Gasteiger partial charge in [0.15, 0.2) is 0 Å². The first kappa shape index (κ1) is 20.5. The molecule has 9 heteroatoms. The Kier molecular flexibility index (Phi) is 5.69. The van der Waals surface area contributed by atoms with Crippen LogP contribution in [0.2, 0.25) is 0 Å². The average Bonchev–Trinajstić information content (AvgIpc) is 3.12. The molecule has 0 atom stereocenters. The first-order chi connectivity index (χ1) is 13.6. The Labute approximate surface area is 167 Å². The zero-order valence-electron chi connectivity index (χ0n) is 14.9. The van der Waals surface area contributed by atoms with Crippen LogP contribution in [0.5, 0.6) is 0 Å². The van der Waals surface area contributed by atoms with Gasteiger partial charge in [-0.3, -0.25) is 9.59 Å². The summed E-state index contributed by atoms with van der Waals surface area (Å²) in [4.78, 5) is 24.1. The second-order valence-corrected chi connectivity index (χ2v) is 7.12. The molecule has 1 heterocycles. The Balaban J connectivity index is 1.87. The van der Waals surface area contributed by atoms with Crippen LogP contribution in [0.3, 0.4) is 0 Å². The van der Waals surface area contributed by atoms with Crippen LogP contribution in [0.25, 0.3) is 10.4 Å². The van der Waals surface area contributed by atoms with E-state index in [1.807, 2.05) is 0 Å². The summed E-state index contributed by atoms with van der Waals surface area (Å²) in [6.45, 7) is 1.17.